The number of rotatable bonds is 9. The molecule has 0 radical (unpaired) electrons. The lowest BCUT2D eigenvalue weighted by atomic mass is 10.1. The predicted molar refractivity (Wildman–Crippen MR) is 77.8 cm³/mol. The van der Waals surface area contributed by atoms with Crippen LogP contribution in [0.25, 0.3) is 0 Å². The number of hydrogen-bond donors (Lipinski definition) is 2. The van der Waals surface area contributed by atoms with Gasteiger partial charge in [-0.3, -0.25) is 9.78 Å². The molecule has 106 valence electrons. The number of pyridine rings is 1. The lowest BCUT2D eigenvalue weighted by Gasteiger charge is -2.06. The van der Waals surface area contributed by atoms with Crippen LogP contribution in [0.5, 0.6) is 0 Å². The fourth-order valence-electron chi connectivity index (χ4n) is 1.94. The van der Waals surface area contributed by atoms with Gasteiger partial charge in [0.25, 0.3) is 5.91 Å². The van der Waals surface area contributed by atoms with Crippen LogP contribution in [0.2, 0.25) is 0 Å². The number of nitrogens with two attached hydrogens (primary N) is 1. The molecule has 1 aromatic heterocycles. The first-order valence-corrected chi connectivity index (χ1v) is 7.21. The van der Waals surface area contributed by atoms with Gasteiger partial charge in [-0.1, -0.05) is 39.0 Å². The van der Waals surface area contributed by atoms with Crippen LogP contribution in [0.15, 0.2) is 18.3 Å². The van der Waals surface area contributed by atoms with Crippen molar-refractivity contribution in [2.24, 2.45) is 5.73 Å². The van der Waals surface area contributed by atoms with Crippen LogP contribution in [0.1, 0.15) is 61.5 Å². The molecule has 1 aromatic rings. The second-order valence-electron chi connectivity index (χ2n) is 4.76. The predicted octanol–water partition coefficient (Wildman–Crippen LogP) is 2.63. The molecular formula is C15H25N3O. The SMILES string of the molecule is CCCCCCCCNC(=O)c1ccnc(CN)c1. The van der Waals surface area contributed by atoms with Crippen molar-refractivity contribution in [3.8, 4) is 0 Å². The Morgan fingerprint density at radius 1 is 1.26 bits per heavy atom. The first-order valence-electron chi connectivity index (χ1n) is 7.21. The molecule has 0 bridgehead atoms. The molecule has 0 aliphatic carbocycles. The van der Waals surface area contributed by atoms with Gasteiger partial charge in [0.2, 0.25) is 0 Å². The molecule has 4 heteroatoms. The summed E-state index contributed by atoms with van der Waals surface area (Å²) >= 11 is 0. The smallest absolute Gasteiger partial charge is 0.251 e. The lowest BCUT2D eigenvalue weighted by molar-refractivity contribution is 0.0952. The van der Waals surface area contributed by atoms with Crippen molar-refractivity contribution in [2.45, 2.75) is 52.0 Å². The fraction of sp³-hybridized carbons (Fsp3) is 0.600. The Morgan fingerprint density at radius 3 is 2.74 bits per heavy atom. The van der Waals surface area contributed by atoms with Crippen LogP contribution < -0.4 is 11.1 Å². The van der Waals surface area contributed by atoms with Crippen molar-refractivity contribution in [2.75, 3.05) is 6.54 Å². The molecule has 0 saturated heterocycles. The number of carbonyl (C=O) groups is 1. The van der Waals surface area contributed by atoms with Crippen molar-refractivity contribution in [3.63, 3.8) is 0 Å². The van der Waals surface area contributed by atoms with Gasteiger partial charge in [0.15, 0.2) is 0 Å². The van der Waals surface area contributed by atoms with Crippen LogP contribution >= 0.6 is 0 Å². The number of nitrogens with zero attached hydrogens (tertiary/aromatic N) is 1. The average molecular weight is 263 g/mol. The summed E-state index contributed by atoms with van der Waals surface area (Å²) in [5.74, 6) is -0.0364. The first kappa shape index (κ1) is 15.6. The Kier molecular flexibility index (Phi) is 7.82. The van der Waals surface area contributed by atoms with E-state index in [4.69, 9.17) is 5.73 Å². The summed E-state index contributed by atoms with van der Waals surface area (Å²) < 4.78 is 0. The Labute approximate surface area is 115 Å². The number of unbranched alkanes of at least 4 members (excludes halogenated alkanes) is 5. The third-order valence-corrected chi connectivity index (χ3v) is 3.10. The van der Waals surface area contributed by atoms with Gasteiger partial charge in [-0.2, -0.15) is 0 Å². The van der Waals surface area contributed by atoms with E-state index in [0.29, 0.717) is 12.1 Å². The molecule has 0 aliphatic heterocycles. The largest absolute Gasteiger partial charge is 0.352 e. The zero-order valence-electron chi connectivity index (χ0n) is 11.8. The van der Waals surface area contributed by atoms with Crippen molar-refractivity contribution < 1.29 is 4.79 Å². The quantitative estimate of drug-likeness (QED) is 0.673. The molecule has 1 heterocycles. The summed E-state index contributed by atoms with van der Waals surface area (Å²) in [5.41, 5.74) is 6.89. The maximum absolute atomic E-state index is 11.9. The van der Waals surface area contributed by atoms with E-state index in [1.807, 2.05) is 0 Å². The molecule has 1 rings (SSSR count). The summed E-state index contributed by atoms with van der Waals surface area (Å²) in [6, 6.07) is 3.46. The van der Waals surface area contributed by atoms with E-state index in [1.54, 1.807) is 18.3 Å². The number of aromatic nitrogens is 1. The standard InChI is InChI=1S/C15H25N3O/c1-2-3-4-5-6-7-9-18-15(19)13-8-10-17-14(11-13)12-16/h8,10-11H,2-7,9,12,16H2,1H3,(H,18,19). The van der Waals surface area contributed by atoms with E-state index in [9.17, 15) is 4.79 Å². The lowest BCUT2D eigenvalue weighted by Crippen LogP contribution is -2.24. The maximum Gasteiger partial charge on any atom is 0.251 e. The summed E-state index contributed by atoms with van der Waals surface area (Å²) in [6.07, 6.45) is 9.00. The zero-order valence-corrected chi connectivity index (χ0v) is 11.8. The Hall–Kier alpha value is -1.42. The molecule has 1 amide bonds. The van der Waals surface area contributed by atoms with Gasteiger partial charge in [-0.15, -0.1) is 0 Å². The third-order valence-electron chi connectivity index (χ3n) is 3.10. The van der Waals surface area contributed by atoms with Crippen LogP contribution in [-0.4, -0.2) is 17.4 Å². The van der Waals surface area contributed by atoms with E-state index in [2.05, 4.69) is 17.2 Å². The van der Waals surface area contributed by atoms with Gasteiger partial charge in [0.05, 0.1) is 5.69 Å². The van der Waals surface area contributed by atoms with E-state index >= 15 is 0 Å². The van der Waals surface area contributed by atoms with Gasteiger partial charge in [0.1, 0.15) is 0 Å². The summed E-state index contributed by atoms with van der Waals surface area (Å²) in [4.78, 5) is 15.9. The van der Waals surface area contributed by atoms with Gasteiger partial charge in [-0.05, 0) is 18.6 Å². The highest BCUT2D eigenvalue weighted by Gasteiger charge is 2.05. The topological polar surface area (TPSA) is 68.0 Å². The minimum absolute atomic E-state index is 0.0364. The Bertz CT molecular complexity index is 379. The monoisotopic (exact) mass is 263 g/mol. The highest BCUT2D eigenvalue weighted by molar-refractivity contribution is 5.94. The maximum atomic E-state index is 11.9. The van der Waals surface area contributed by atoms with Crippen LogP contribution in [0.3, 0.4) is 0 Å². The Morgan fingerprint density at radius 2 is 2.00 bits per heavy atom. The molecule has 0 aliphatic rings. The molecule has 4 nitrogen and oxygen atoms in total. The number of carbonyl (C=O) groups excluding carboxylic acids is 1. The van der Waals surface area contributed by atoms with Crippen molar-refractivity contribution >= 4 is 5.91 Å². The number of nitrogens with one attached hydrogen (secondary N) is 1. The summed E-state index contributed by atoms with van der Waals surface area (Å²) in [7, 11) is 0. The third kappa shape index (κ3) is 6.34. The van der Waals surface area contributed by atoms with Crippen molar-refractivity contribution in [1.29, 1.82) is 0 Å². The van der Waals surface area contributed by atoms with Crippen LogP contribution in [0.4, 0.5) is 0 Å². The Balaban J connectivity index is 2.20. The molecule has 0 unspecified atom stereocenters. The minimum Gasteiger partial charge on any atom is -0.352 e. The van der Waals surface area contributed by atoms with Gasteiger partial charge < -0.3 is 11.1 Å². The molecule has 19 heavy (non-hydrogen) atoms. The van der Waals surface area contributed by atoms with E-state index in [1.165, 1.54) is 32.1 Å². The van der Waals surface area contributed by atoms with E-state index in [-0.39, 0.29) is 5.91 Å². The first-order chi connectivity index (χ1) is 9.27. The van der Waals surface area contributed by atoms with E-state index < -0.39 is 0 Å². The van der Waals surface area contributed by atoms with Crippen LogP contribution in [-0.2, 0) is 6.54 Å². The zero-order chi connectivity index (χ0) is 13.9. The second kappa shape index (κ2) is 9.50. The van der Waals surface area contributed by atoms with Gasteiger partial charge in [0, 0.05) is 24.8 Å². The second-order valence-corrected chi connectivity index (χ2v) is 4.76. The van der Waals surface area contributed by atoms with Crippen LogP contribution in [0, 0.1) is 0 Å². The number of hydrogen-bond acceptors (Lipinski definition) is 3. The van der Waals surface area contributed by atoms with Gasteiger partial charge in [-0.25, -0.2) is 0 Å². The normalized spacial score (nSPS) is 10.4. The molecule has 0 atom stereocenters. The van der Waals surface area contributed by atoms with Crippen molar-refractivity contribution in [1.82, 2.24) is 10.3 Å². The molecule has 0 saturated carbocycles. The summed E-state index contributed by atoms with van der Waals surface area (Å²) in [6.45, 7) is 3.31. The molecular weight excluding hydrogens is 238 g/mol. The fourth-order valence-corrected chi connectivity index (χ4v) is 1.94. The molecule has 3 N–H and O–H groups in total. The number of amides is 1. The minimum atomic E-state index is -0.0364. The van der Waals surface area contributed by atoms with E-state index in [0.717, 1.165) is 18.7 Å². The molecule has 0 aromatic carbocycles. The molecule has 0 spiro atoms. The van der Waals surface area contributed by atoms with Crippen molar-refractivity contribution in [3.05, 3.63) is 29.6 Å². The van der Waals surface area contributed by atoms with Gasteiger partial charge >= 0.3 is 0 Å². The summed E-state index contributed by atoms with van der Waals surface area (Å²) in [5, 5.41) is 2.93. The highest BCUT2D eigenvalue weighted by Crippen LogP contribution is 2.05. The molecule has 0 fully saturated rings. The average Bonchev–Trinajstić information content (AvgIpc) is 2.46. The highest BCUT2D eigenvalue weighted by atomic mass is 16.1.